The maximum absolute atomic E-state index is 12.5. The van der Waals surface area contributed by atoms with Gasteiger partial charge in [-0.05, 0) is 19.1 Å². The Balaban J connectivity index is 2.32. The maximum atomic E-state index is 12.5. The molecule has 0 aromatic heterocycles. The number of rotatable bonds is 3. The monoisotopic (exact) mass is 289 g/mol. The second kappa shape index (κ2) is 5.57. The van der Waals surface area contributed by atoms with Crippen LogP contribution in [-0.2, 0) is 14.8 Å². The van der Waals surface area contributed by atoms with Gasteiger partial charge in [-0.15, -0.1) is 11.6 Å². The first-order valence-corrected chi connectivity index (χ1v) is 7.75. The van der Waals surface area contributed by atoms with E-state index in [4.69, 9.17) is 16.3 Å². The zero-order valence-electron chi connectivity index (χ0n) is 10.2. The van der Waals surface area contributed by atoms with Gasteiger partial charge in [0, 0.05) is 12.4 Å². The van der Waals surface area contributed by atoms with Gasteiger partial charge >= 0.3 is 0 Å². The van der Waals surface area contributed by atoms with Crippen molar-refractivity contribution < 1.29 is 13.2 Å². The highest BCUT2D eigenvalue weighted by molar-refractivity contribution is 7.89. The zero-order chi connectivity index (χ0) is 13.2. The van der Waals surface area contributed by atoms with Crippen molar-refractivity contribution in [2.75, 3.05) is 25.6 Å². The van der Waals surface area contributed by atoms with Crippen LogP contribution in [0.3, 0.4) is 0 Å². The summed E-state index contributed by atoms with van der Waals surface area (Å²) in [5.41, 5.74) is 1.03. The van der Waals surface area contributed by atoms with Crippen LogP contribution >= 0.6 is 11.6 Å². The molecule has 18 heavy (non-hydrogen) atoms. The van der Waals surface area contributed by atoms with E-state index in [9.17, 15) is 8.42 Å². The molecule has 1 aliphatic rings. The van der Waals surface area contributed by atoms with Crippen molar-refractivity contribution in [3.63, 3.8) is 0 Å². The summed E-state index contributed by atoms with van der Waals surface area (Å²) in [7, 11) is -3.47. The number of hydrogen-bond acceptors (Lipinski definition) is 3. The third-order valence-electron chi connectivity index (χ3n) is 2.98. The van der Waals surface area contributed by atoms with Gasteiger partial charge in [-0.25, -0.2) is 8.42 Å². The molecule has 2 rings (SSSR count). The number of alkyl halides is 1. The molecule has 1 aromatic carbocycles. The van der Waals surface area contributed by atoms with E-state index in [0.717, 1.165) is 5.56 Å². The Kier molecular flexibility index (Phi) is 4.27. The summed E-state index contributed by atoms with van der Waals surface area (Å²) >= 11 is 5.81. The van der Waals surface area contributed by atoms with E-state index in [1.165, 1.54) is 4.31 Å². The average molecular weight is 290 g/mol. The molecule has 1 heterocycles. The Bertz CT molecular complexity index is 501. The van der Waals surface area contributed by atoms with Gasteiger partial charge in [-0.3, -0.25) is 0 Å². The van der Waals surface area contributed by atoms with E-state index >= 15 is 0 Å². The van der Waals surface area contributed by atoms with Crippen molar-refractivity contribution in [3.05, 3.63) is 29.8 Å². The van der Waals surface area contributed by atoms with Crippen LogP contribution in [0, 0.1) is 6.92 Å². The molecule has 1 fully saturated rings. The Morgan fingerprint density at radius 1 is 1.39 bits per heavy atom. The molecule has 0 bridgehead atoms. The van der Waals surface area contributed by atoms with Crippen LogP contribution in [0.4, 0.5) is 0 Å². The lowest BCUT2D eigenvalue weighted by atomic mass is 10.2. The molecule has 0 aliphatic carbocycles. The highest BCUT2D eigenvalue weighted by atomic mass is 35.5. The quantitative estimate of drug-likeness (QED) is 0.795. The number of sulfonamides is 1. The summed E-state index contributed by atoms with van der Waals surface area (Å²) in [6.07, 6.45) is 0. The Morgan fingerprint density at radius 2 is 2.06 bits per heavy atom. The van der Waals surface area contributed by atoms with E-state index < -0.39 is 10.0 Å². The number of morpholine rings is 1. The minimum Gasteiger partial charge on any atom is -0.378 e. The molecule has 0 spiro atoms. The van der Waals surface area contributed by atoms with Crippen LogP contribution in [0.2, 0.25) is 0 Å². The summed E-state index contributed by atoms with van der Waals surface area (Å²) in [5, 5.41) is 0. The first kappa shape index (κ1) is 13.8. The van der Waals surface area contributed by atoms with Crippen molar-refractivity contribution in [1.82, 2.24) is 4.31 Å². The molecule has 0 saturated carbocycles. The SMILES string of the molecule is Cc1ccc(S(=O)(=O)N2CCOCC2CCl)cc1. The van der Waals surface area contributed by atoms with E-state index in [-0.39, 0.29) is 11.9 Å². The van der Waals surface area contributed by atoms with Crippen LogP contribution in [-0.4, -0.2) is 44.4 Å². The van der Waals surface area contributed by atoms with Crippen LogP contribution < -0.4 is 0 Å². The summed E-state index contributed by atoms with van der Waals surface area (Å²) in [5.74, 6) is 0.241. The van der Waals surface area contributed by atoms with Crippen LogP contribution in [0.5, 0.6) is 0 Å². The third-order valence-corrected chi connectivity index (χ3v) is 5.30. The largest absolute Gasteiger partial charge is 0.378 e. The van der Waals surface area contributed by atoms with Crippen molar-refractivity contribution in [1.29, 1.82) is 0 Å². The zero-order valence-corrected chi connectivity index (χ0v) is 11.7. The standard InChI is InChI=1S/C12H16ClNO3S/c1-10-2-4-12(5-3-10)18(15,16)14-6-7-17-9-11(14)8-13/h2-5,11H,6-9H2,1H3. The number of halogens is 1. The van der Waals surface area contributed by atoms with Crippen molar-refractivity contribution in [2.24, 2.45) is 0 Å². The molecule has 0 N–H and O–H groups in total. The molecule has 1 unspecified atom stereocenters. The van der Waals surface area contributed by atoms with Gasteiger partial charge in [-0.2, -0.15) is 4.31 Å². The first-order valence-electron chi connectivity index (χ1n) is 5.78. The predicted molar refractivity (Wildman–Crippen MR) is 70.4 cm³/mol. The molecule has 0 radical (unpaired) electrons. The van der Waals surface area contributed by atoms with Crippen LogP contribution in [0.1, 0.15) is 5.56 Å². The number of hydrogen-bond donors (Lipinski definition) is 0. The van der Waals surface area contributed by atoms with E-state index in [1.54, 1.807) is 24.3 Å². The molecule has 6 heteroatoms. The first-order chi connectivity index (χ1) is 8.55. The lowest BCUT2D eigenvalue weighted by Crippen LogP contribution is -2.49. The summed E-state index contributed by atoms with van der Waals surface area (Å²) in [6.45, 7) is 3.05. The third kappa shape index (κ3) is 2.69. The summed E-state index contributed by atoms with van der Waals surface area (Å²) in [6, 6.07) is 6.56. The van der Waals surface area contributed by atoms with Crippen molar-refractivity contribution in [3.8, 4) is 0 Å². The molecule has 1 atom stereocenters. The topological polar surface area (TPSA) is 46.6 Å². The van der Waals surface area contributed by atoms with Crippen LogP contribution in [0.25, 0.3) is 0 Å². The number of ether oxygens (including phenoxy) is 1. The molecule has 1 saturated heterocycles. The van der Waals surface area contributed by atoms with Gasteiger partial charge < -0.3 is 4.74 Å². The minimum atomic E-state index is -3.47. The predicted octanol–water partition coefficient (Wildman–Crippen LogP) is 1.62. The maximum Gasteiger partial charge on any atom is 0.243 e. The normalized spacial score (nSPS) is 22.0. The summed E-state index contributed by atoms with van der Waals surface area (Å²) in [4.78, 5) is 0.310. The molecular formula is C12H16ClNO3S. The van der Waals surface area contributed by atoms with Gasteiger partial charge in [-0.1, -0.05) is 17.7 Å². The lowest BCUT2D eigenvalue weighted by molar-refractivity contribution is 0.0404. The summed E-state index contributed by atoms with van der Waals surface area (Å²) < 4.78 is 31.7. The van der Waals surface area contributed by atoms with E-state index in [0.29, 0.717) is 24.7 Å². The lowest BCUT2D eigenvalue weighted by Gasteiger charge is -2.33. The fourth-order valence-corrected chi connectivity index (χ4v) is 3.85. The number of benzene rings is 1. The van der Waals surface area contributed by atoms with Gasteiger partial charge in [0.2, 0.25) is 10.0 Å². The molecular weight excluding hydrogens is 274 g/mol. The van der Waals surface area contributed by atoms with Gasteiger partial charge in [0.1, 0.15) is 0 Å². The molecule has 1 aliphatic heterocycles. The van der Waals surface area contributed by atoms with Gasteiger partial charge in [0.05, 0.1) is 24.2 Å². The van der Waals surface area contributed by atoms with Crippen molar-refractivity contribution >= 4 is 21.6 Å². The van der Waals surface area contributed by atoms with Gasteiger partial charge in [0.25, 0.3) is 0 Å². The molecule has 0 amide bonds. The van der Waals surface area contributed by atoms with Crippen LogP contribution in [0.15, 0.2) is 29.2 Å². The highest BCUT2D eigenvalue weighted by Gasteiger charge is 2.33. The second-order valence-corrected chi connectivity index (χ2v) is 6.51. The average Bonchev–Trinajstić information content (AvgIpc) is 2.39. The Morgan fingerprint density at radius 3 is 2.67 bits per heavy atom. The minimum absolute atomic E-state index is 0.241. The Hall–Kier alpha value is -0.620. The number of nitrogens with zero attached hydrogens (tertiary/aromatic N) is 1. The molecule has 4 nitrogen and oxygen atoms in total. The Labute approximate surface area is 113 Å². The fraction of sp³-hybridized carbons (Fsp3) is 0.500. The molecule has 1 aromatic rings. The number of aryl methyl sites for hydroxylation is 1. The fourth-order valence-electron chi connectivity index (χ4n) is 1.92. The highest BCUT2D eigenvalue weighted by Crippen LogP contribution is 2.21. The van der Waals surface area contributed by atoms with Crippen molar-refractivity contribution in [2.45, 2.75) is 17.9 Å². The second-order valence-electron chi connectivity index (χ2n) is 4.31. The van der Waals surface area contributed by atoms with E-state index in [1.807, 2.05) is 6.92 Å². The van der Waals surface area contributed by atoms with E-state index in [2.05, 4.69) is 0 Å². The molecule has 100 valence electrons. The van der Waals surface area contributed by atoms with Gasteiger partial charge in [0.15, 0.2) is 0 Å². The smallest absolute Gasteiger partial charge is 0.243 e.